The number of rotatable bonds is 1. The predicted octanol–water partition coefficient (Wildman–Crippen LogP) is 5.54. The van der Waals surface area contributed by atoms with E-state index in [4.69, 9.17) is 14.2 Å². The second kappa shape index (κ2) is 7.78. The second-order valence-corrected chi connectivity index (χ2v) is 13.6. The van der Waals surface area contributed by atoms with Crippen molar-refractivity contribution in [2.24, 2.45) is 52.3 Å². The topological polar surface area (TPSA) is 61.8 Å². The molecule has 6 fully saturated rings. The van der Waals surface area contributed by atoms with E-state index in [1.54, 1.807) is 0 Å². The van der Waals surface area contributed by atoms with Crippen molar-refractivity contribution in [3.05, 3.63) is 0 Å². The standard InChI is InChI=1S/C29H44O5/c1-16-6-11-29(32-15-16)17(2)26-25(34-29)14-22-20-13-24(31)23-12-19(33-18(3)30)7-9-27(23,4)21(20)8-10-28(22,26)5/h16-17,19-23,25-26H,6-15H2,1-5H3/t16-,17+,19+,20-,21+,22+,23-,25+,26+,27-,28+,29-/m1/s1. The zero-order chi connectivity index (χ0) is 24.0. The van der Waals surface area contributed by atoms with E-state index in [1.165, 1.54) is 26.2 Å². The number of hydrogen-bond donors (Lipinski definition) is 0. The lowest BCUT2D eigenvalue weighted by Crippen LogP contribution is -2.57. The lowest BCUT2D eigenvalue weighted by molar-refractivity contribution is -0.273. The first kappa shape index (κ1) is 23.5. The molecule has 0 bridgehead atoms. The van der Waals surface area contributed by atoms with Crippen molar-refractivity contribution < 1.29 is 23.8 Å². The Morgan fingerprint density at radius 2 is 1.76 bits per heavy atom. The van der Waals surface area contributed by atoms with Gasteiger partial charge in [-0.15, -0.1) is 0 Å². The highest BCUT2D eigenvalue weighted by Crippen LogP contribution is 2.71. The third-order valence-corrected chi connectivity index (χ3v) is 12.0. The van der Waals surface area contributed by atoms with Gasteiger partial charge >= 0.3 is 5.97 Å². The van der Waals surface area contributed by atoms with Crippen LogP contribution in [0.3, 0.4) is 0 Å². The van der Waals surface area contributed by atoms with E-state index in [-0.39, 0.29) is 40.7 Å². The largest absolute Gasteiger partial charge is 0.463 e. The van der Waals surface area contributed by atoms with Gasteiger partial charge < -0.3 is 14.2 Å². The summed E-state index contributed by atoms with van der Waals surface area (Å²) in [7, 11) is 0. The van der Waals surface area contributed by atoms with E-state index in [0.717, 1.165) is 38.7 Å². The van der Waals surface area contributed by atoms with Crippen LogP contribution in [0.25, 0.3) is 0 Å². The molecule has 5 heteroatoms. The van der Waals surface area contributed by atoms with E-state index in [9.17, 15) is 9.59 Å². The predicted molar refractivity (Wildman–Crippen MR) is 128 cm³/mol. The zero-order valence-electron chi connectivity index (χ0n) is 21.8. The molecule has 0 aromatic carbocycles. The van der Waals surface area contributed by atoms with Crippen LogP contribution >= 0.6 is 0 Å². The summed E-state index contributed by atoms with van der Waals surface area (Å²) in [6.07, 6.45) is 9.30. The van der Waals surface area contributed by atoms with E-state index in [1.807, 2.05) is 0 Å². The van der Waals surface area contributed by atoms with Gasteiger partial charge in [-0.1, -0.05) is 27.7 Å². The zero-order valence-corrected chi connectivity index (χ0v) is 21.8. The van der Waals surface area contributed by atoms with E-state index >= 15 is 0 Å². The summed E-state index contributed by atoms with van der Waals surface area (Å²) in [5.74, 6) is 3.10. The molecule has 190 valence electrons. The van der Waals surface area contributed by atoms with Gasteiger partial charge in [-0.05, 0) is 85.4 Å². The third kappa shape index (κ3) is 3.17. The Labute approximate surface area is 205 Å². The molecule has 0 unspecified atom stereocenters. The molecule has 0 radical (unpaired) electrons. The summed E-state index contributed by atoms with van der Waals surface area (Å²) < 4.78 is 18.9. The second-order valence-electron chi connectivity index (χ2n) is 13.6. The average Bonchev–Trinajstić information content (AvgIpc) is 3.22. The molecule has 1 spiro atoms. The first-order valence-electron chi connectivity index (χ1n) is 14.1. The van der Waals surface area contributed by atoms with Gasteiger partial charge in [0.2, 0.25) is 0 Å². The molecule has 2 saturated heterocycles. The number of carbonyl (C=O) groups is 2. The fourth-order valence-electron chi connectivity index (χ4n) is 10.4. The molecule has 0 N–H and O–H groups in total. The molecule has 6 rings (SSSR count). The minimum absolute atomic E-state index is 0.0476. The van der Waals surface area contributed by atoms with Crippen molar-refractivity contribution in [1.82, 2.24) is 0 Å². The number of ether oxygens (including phenoxy) is 3. The maximum absolute atomic E-state index is 13.6. The molecule has 5 nitrogen and oxygen atoms in total. The number of carbonyl (C=O) groups excluding carboxylic acids is 2. The van der Waals surface area contributed by atoms with Crippen molar-refractivity contribution in [2.75, 3.05) is 6.61 Å². The molecule has 34 heavy (non-hydrogen) atoms. The summed E-state index contributed by atoms with van der Waals surface area (Å²) in [4.78, 5) is 25.1. The fraction of sp³-hybridized carbons (Fsp3) is 0.931. The molecule has 0 aromatic rings. The minimum Gasteiger partial charge on any atom is -0.463 e. The van der Waals surface area contributed by atoms with Crippen LogP contribution in [0.1, 0.15) is 92.4 Å². The average molecular weight is 473 g/mol. The first-order valence-corrected chi connectivity index (χ1v) is 14.1. The molecule has 2 aliphatic heterocycles. The summed E-state index contributed by atoms with van der Waals surface area (Å²) in [6, 6.07) is 0. The maximum Gasteiger partial charge on any atom is 0.302 e. The van der Waals surface area contributed by atoms with Gasteiger partial charge in [-0.3, -0.25) is 9.59 Å². The Bertz CT molecular complexity index is 861. The van der Waals surface area contributed by atoms with Crippen molar-refractivity contribution in [3.63, 3.8) is 0 Å². The Morgan fingerprint density at radius 1 is 1.00 bits per heavy atom. The van der Waals surface area contributed by atoms with E-state index in [0.29, 0.717) is 47.7 Å². The van der Waals surface area contributed by atoms with Crippen LogP contribution in [0, 0.1) is 52.3 Å². The molecule has 4 aliphatic carbocycles. The van der Waals surface area contributed by atoms with Crippen LogP contribution in [0.2, 0.25) is 0 Å². The van der Waals surface area contributed by atoms with Crippen molar-refractivity contribution in [3.8, 4) is 0 Å². The van der Waals surface area contributed by atoms with Crippen LogP contribution in [0.5, 0.6) is 0 Å². The van der Waals surface area contributed by atoms with Gasteiger partial charge in [0, 0.05) is 31.6 Å². The smallest absolute Gasteiger partial charge is 0.302 e. The lowest BCUT2D eigenvalue weighted by Gasteiger charge is -2.60. The minimum atomic E-state index is -0.374. The Hall–Kier alpha value is -0.940. The van der Waals surface area contributed by atoms with Crippen molar-refractivity contribution in [1.29, 1.82) is 0 Å². The molecule has 4 saturated carbocycles. The normalized spacial score (nSPS) is 56.4. The summed E-state index contributed by atoms with van der Waals surface area (Å²) in [6.45, 7) is 11.9. The first-order chi connectivity index (χ1) is 16.1. The van der Waals surface area contributed by atoms with Crippen LogP contribution in [0.15, 0.2) is 0 Å². The van der Waals surface area contributed by atoms with Crippen molar-refractivity contribution in [2.45, 2.75) is 110 Å². The van der Waals surface area contributed by atoms with Crippen LogP contribution in [-0.2, 0) is 23.8 Å². The summed E-state index contributed by atoms with van der Waals surface area (Å²) in [5.41, 5.74) is 0.283. The van der Waals surface area contributed by atoms with Gasteiger partial charge in [0.25, 0.3) is 0 Å². The quantitative estimate of drug-likeness (QED) is 0.469. The lowest BCUT2D eigenvalue weighted by atomic mass is 9.44. The number of ketones is 1. The molecule has 0 amide bonds. The summed E-state index contributed by atoms with van der Waals surface area (Å²) in [5, 5.41) is 0. The molecular formula is C29H44O5. The fourth-order valence-corrected chi connectivity index (χ4v) is 10.4. The van der Waals surface area contributed by atoms with Crippen LogP contribution in [-0.4, -0.2) is 36.4 Å². The Kier molecular flexibility index (Phi) is 5.37. The number of Topliss-reactive ketones (excluding diaryl/α,β-unsaturated/α-hetero) is 1. The van der Waals surface area contributed by atoms with Gasteiger partial charge in [-0.2, -0.15) is 0 Å². The van der Waals surface area contributed by atoms with E-state index < -0.39 is 0 Å². The number of fused-ring (bicyclic) bond motifs is 7. The number of hydrogen-bond acceptors (Lipinski definition) is 5. The van der Waals surface area contributed by atoms with Crippen LogP contribution in [0.4, 0.5) is 0 Å². The molecule has 6 aliphatic rings. The molecule has 2 heterocycles. The van der Waals surface area contributed by atoms with Gasteiger partial charge in [0.15, 0.2) is 5.79 Å². The molecule has 0 aromatic heterocycles. The monoisotopic (exact) mass is 472 g/mol. The third-order valence-electron chi connectivity index (χ3n) is 12.0. The van der Waals surface area contributed by atoms with Crippen LogP contribution < -0.4 is 0 Å². The van der Waals surface area contributed by atoms with Gasteiger partial charge in [-0.25, -0.2) is 0 Å². The maximum atomic E-state index is 13.6. The van der Waals surface area contributed by atoms with Gasteiger partial charge in [0.05, 0.1) is 12.7 Å². The molecular weight excluding hydrogens is 428 g/mol. The highest BCUT2D eigenvalue weighted by atomic mass is 16.7. The van der Waals surface area contributed by atoms with E-state index in [2.05, 4.69) is 27.7 Å². The number of esters is 1. The Morgan fingerprint density at radius 3 is 2.47 bits per heavy atom. The van der Waals surface area contributed by atoms with Gasteiger partial charge in [0.1, 0.15) is 11.9 Å². The SMILES string of the molecule is CC(=O)O[C@H]1CC[C@@]2(C)[C@H](C1)C(=O)C[C@@H]1[C@@H]2CC[C@]2(C)[C@@H]3[C@H](C[C@@H]12)O[C@]1(CC[C@@H](C)CO1)[C@H]3C. The highest BCUT2D eigenvalue weighted by Gasteiger charge is 2.69. The Balaban J connectivity index is 1.24. The van der Waals surface area contributed by atoms with Crippen molar-refractivity contribution >= 4 is 11.8 Å². The summed E-state index contributed by atoms with van der Waals surface area (Å²) >= 11 is 0. The molecule has 12 atom stereocenters. The highest BCUT2D eigenvalue weighted by molar-refractivity contribution is 5.83.